The number of nitrogens with zero attached hydrogens (tertiary/aromatic N) is 4. The predicted octanol–water partition coefficient (Wildman–Crippen LogP) is 3.34. The zero-order chi connectivity index (χ0) is 22.7. The molecule has 1 aromatic heterocycles. The summed E-state index contributed by atoms with van der Waals surface area (Å²) in [5.41, 5.74) is 6.60. The maximum atomic E-state index is 12.8. The Balaban J connectivity index is 1.69. The Hall–Kier alpha value is -4.48. The SMILES string of the molecule is N#CC1=C(N)C(C#N)(C#N)[C@@H](c2ccoc2)[C@@H]2CN(C(=O)OCc3ccccc3)CC=C12. The molecule has 0 fully saturated rings. The Kier molecular flexibility index (Phi) is 5.41. The van der Waals surface area contributed by atoms with Gasteiger partial charge in [0.25, 0.3) is 0 Å². The van der Waals surface area contributed by atoms with Crippen LogP contribution in [-0.2, 0) is 11.3 Å². The van der Waals surface area contributed by atoms with E-state index in [1.54, 1.807) is 12.1 Å². The van der Waals surface area contributed by atoms with Crippen LogP contribution in [0.3, 0.4) is 0 Å². The quantitative estimate of drug-likeness (QED) is 0.795. The van der Waals surface area contributed by atoms with Gasteiger partial charge in [0.2, 0.25) is 0 Å². The Morgan fingerprint density at radius 3 is 2.59 bits per heavy atom. The van der Waals surface area contributed by atoms with Gasteiger partial charge < -0.3 is 19.8 Å². The third-order valence-corrected chi connectivity index (χ3v) is 6.03. The first kappa shape index (κ1) is 20.8. The number of carbonyl (C=O) groups excluding carboxylic acids is 1. The fraction of sp³-hybridized carbons (Fsp3) is 0.250. The summed E-state index contributed by atoms with van der Waals surface area (Å²) >= 11 is 0. The van der Waals surface area contributed by atoms with Crippen LogP contribution >= 0.6 is 0 Å². The first-order valence-corrected chi connectivity index (χ1v) is 9.96. The number of furan rings is 1. The standard InChI is InChI=1S/C24H19N5O3/c25-10-19-18-6-8-29(23(30)32-12-16-4-2-1-3-5-16)11-20(18)21(17-7-9-31-13-17)24(14-26,15-27)22(19)28/h1-7,9,13,20-21H,8,11-12,28H2/t20-,21+/m1/s1. The third kappa shape index (κ3) is 3.27. The summed E-state index contributed by atoms with van der Waals surface area (Å²) in [5, 5.41) is 29.8. The number of allylic oxidation sites excluding steroid dienone is 2. The number of ether oxygens (including phenoxy) is 1. The van der Waals surface area contributed by atoms with Crippen LogP contribution in [0.25, 0.3) is 0 Å². The molecule has 2 heterocycles. The van der Waals surface area contributed by atoms with E-state index in [9.17, 15) is 20.6 Å². The van der Waals surface area contributed by atoms with Crippen molar-refractivity contribution in [3.63, 3.8) is 0 Å². The molecule has 2 aromatic rings. The molecule has 32 heavy (non-hydrogen) atoms. The molecule has 8 heteroatoms. The smallest absolute Gasteiger partial charge is 0.410 e. The highest BCUT2D eigenvalue weighted by Crippen LogP contribution is 2.54. The first-order chi connectivity index (χ1) is 15.6. The van der Waals surface area contributed by atoms with E-state index >= 15 is 0 Å². The van der Waals surface area contributed by atoms with E-state index in [4.69, 9.17) is 14.9 Å². The molecule has 1 aromatic carbocycles. The molecule has 2 N–H and O–H groups in total. The molecule has 0 saturated carbocycles. The Morgan fingerprint density at radius 1 is 1.22 bits per heavy atom. The van der Waals surface area contributed by atoms with Crippen LogP contribution in [0.4, 0.5) is 4.79 Å². The molecule has 0 bridgehead atoms. The highest BCUT2D eigenvalue weighted by molar-refractivity contribution is 5.69. The molecule has 0 saturated heterocycles. The molecule has 8 nitrogen and oxygen atoms in total. The highest BCUT2D eigenvalue weighted by atomic mass is 16.6. The summed E-state index contributed by atoms with van der Waals surface area (Å²) in [7, 11) is 0. The van der Waals surface area contributed by atoms with Crippen LogP contribution in [0.1, 0.15) is 17.0 Å². The van der Waals surface area contributed by atoms with Gasteiger partial charge in [0.1, 0.15) is 12.7 Å². The van der Waals surface area contributed by atoms with Crippen molar-refractivity contribution in [2.45, 2.75) is 12.5 Å². The Morgan fingerprint density at radius 2 is 1.97 bits per heavy atom. The Labute approximate surface area is 185 Å². The van der Waals surface area contributed by atoms with Gasteiger partial charge in [0.15, 0.2) is 5.41 Å². The maximum Gasteiger partial charge on any atom is 0.410 e. The zero-order valence-corrected chi connectivity index (χ0v) is 17.1. The van der Waals surface area contributed by atoms with Crippen molar-refractivity contribution in [2.75, 3.05) is 13.1 Å². The summed E-state index contributed by atoms with van der Waals surface area (Å²) < 4.78 is 10.7. The first-order valence-electron chi connectivity index (χ1n) is 9.96. The second kappa shape index (κ2) is 8.34. The predicted molar refractivity (Wildman–Crippen MR) is 112 cm³/mol. The van der Waals surface area contributed by atoms with Crippen molar-refractivity contribution >= 4 is 6.09 Å². The molecule has 2 atom stereocenters. The van der Waals surface area contributed by atoms with Crippen molar-refractivity contribution < 1.29 is 13.9 Å². The number of carbonyl (C=O) groups is 1. The van der Waals surface area contributed by atoms with Gasteiger partial charge in [-0.15, -0.1) is 0 Å². The number of nitriles is 3. The number of fused-ring (bicyclic) bond motifs is 1. The van der Waals surface area contributed by atoms with Gasteiger partial charge in [-0.05, 0) is 22.8 Å². The van der Waals surface area contributed by atoms with Gasteiger partial charge in [0, 0.05) is 24.9 Å². The minimum atomic E-state index is -1.77. The molecule has 158 valence electrons. The van der Waals surface area contributed by atoms with Crippen molar-refractivity contribution in [2.24, 2.45) is 17.1 Å². The largest absolute Gasteiger partial charge is 0.472 e. The van der Waals surface area contributed by atoms with Crippen LogP contribution in [0, 0.1) is 45.3 Å². The van der Waals surface area contributed by atoms with Crippen molar-refractivity contribution in [1.29, 1.82) is 15.8 Å². The number of rotatable bonds is 3. The van der Waals surface area contributed by atoms with Gasteiger partial charge in [-0.2, -0.15) is 15.8 Å². The summed E-state index contributed by atoms with van der Waals surface area (Å²) in [6.07, 6.45) is 4.14. The van der Waals surface area contributed by atoms with Crippen LogP contribution in [0.15, 0.2) is 76.3 Å². The topological polar surface area (TPSA) is 140 Å². The van der Waals surface area contributed by atoms with Crippen molar-refractivity contribution in [3.8, 4) is 18.2 Å². The molecule has 2 aliphatic rings. The molecule has 1 amide bonds. The van der Waals surface area contributed by atoms with E-state index in [0.29, 0.717) is 11.1 Å². The monoisotopic (exact) mass is 425 g/mol. The van der Waals surface area contributed by atoms with Crippen molar-refractivity contribution in [1.82, 2.24) is 4.90 Å². The number of hydrogen-bond donors (Lipinski definition) is 1. The van der Waals surface area contributed by atoms with Crippen LogP contribution < -0.4 is 5.73 Å². The summed E-state index contributed by atoms with van der Waals surface area (Å²) in [5.74, 6) is -1.23. The molecule has 4 rings (SSSR count). The van der Waals surface area contributed by atoms with E-state index in [2.05, 4.69) is 6.07 Å². The summed E-state index contributed by atoms with van der Waals surface area (Å²) in [6, 6.07) is 17.1. The lowest BCUT2D eigenvalue weighted by Gasteiger charge is -2.44. The number of hydrogen-bond acceptors (Lipinski definition) is 7. The average molecular weight is 425 g/mol. The van der Waals surface area contributed by atoms with Gasteiger partial charge in [-0.25, -0.2) is 4.79 Å². The normalized spacial score (nSPS) is 21.4. The maximum absolute atomic E-state index is 12.8. The van der Waals surface area contributed by atoms with Gasteiger partial charge in [0.05, 0.1) is 35.9 Å². The van der Waals surface area contributed by atoms with Crippen LogP contribution in [0.5, 0.6) is 0 Å². The molecule has 1 aliphatic carbocycles. The van der Waals surface area contributed by atoms with E-state index in [1.807, 2.05) is 42.5 Å². The number of nitrogens with two attached hydrogens (primary N) is 1. The second-order valence-corrected chi connectivity index (χ2v) is 7.68. The van der Waals surface area contributed by atoms with Crippen LogP contribution in [-0.4, -0.2) is 24.1 Å². The lowest BCUT2D eigenvalue weighted by atomic mass is 9.58. The fourth-order valence-electron chi connectivity index (χ4n) is 4.47. The molecular formula is C24H19N5O3. The minimum Gasteiger partial charge on any atom is -0.472 e. The second-order valence-electron chi connectivity index (χ2n) is 7.68. The third-order valence-electron chi connectivity index (χ3n) is 6.03. The lowest BCUT2D eigenvalue weighted by Crippen LogP contribution is -2.49. The molecule has 0 spiro atoms. The van der Waals surface area contributed by atoms with Crippen molar-refractivity contribution in [3.05, 3.63) is 83.0 Å². The van der Waals surface area contributed by atoms with E-state index < -0.39 is 23.3 Å². The highest BCUT2D eigenvalue weighted by Gasteiger charge is 2.55. The molecule has 1 aliphatic heterocycles. The zero-order valence-electron chi connectivity index (χ0n) is 17.1. The van der Waals surface area contributed by atoms with Crippen LogP contribution in [0.2, 0.25) is 0 Å². The minimum absolute atomic E-state index is 0.0706. The molecular weight excluding hydrogens is 406 g/mol. The molecule has 0 radical (unpaired) electrons. The summed E-state index contributed by atoms with van der Waals surface area (Å²) in [4.78, 5) is 14.3. The molecule has 0 unspecified atom stereocenters. The van der Waals surface area contributed by atoms with Gasteiger partial charge in [-0.1, -0.05) is 36.4 Å². The summed E-state index contributed by atoms with van der Waals surface area (Å²) in [6.45, 7) is 0.514. The number of amides is 1. The van der Waals surface area contributed by atoms with E-state index in [1.165, 1.54) is 17.4 Å². The van der Waals surface area contributed by atoms with E-state index in [-0.39, 0.29) is 31.0 Å². The van der Waals surface area contributed by atoms with Gasteiger partial charge in [-0.3, -0.25) is 0 Å². The number of benzene rings is 1. The Bertz CT molecular complexity index is 1200. The fourth-order valence-corrected chi connectivity index (χ4v) is 4.47. The lowest BCUT2D eigenvalue weighted by molar-refractivity contribution is 0.0898. The average Bonchev–Trinajstić information content (AvgIpc) is 3.36. The van der Waals surface area contributed by atoms with Gasteiger partial charge >= 0.3 is 6.09 Å². The van der Waals surface area contributed by atoms with E-state index in [0.717, 1.165) is 5.56 Å².